The van der Waals surface area contributed by atoms with Gasteiger partial charge < -0.3 is 10.1 Å². The molecule has 0 saturated carbocycles. The average molecular weight is 319 g/mol. The lowest BCUT2D eigenvalue weighted by Crippen LogP contribution is -2.42. The molecule has 0 aromatic heterocycles. The van der Waals surface area contributed by atoms with Crippen LogP contribution in [0, 0.1) is 0 Å². The van der Waals surface area contributed by atoms with Crippen molar-refractivity contribution in [3.63, 3.8) is 0 Å². The van der Waals surface area contributed by atoms with Gasteiger partial charge in [-0.2, -0.15) is 13.2 Å². The number of para-hydroxylation sites is 1. The van der Waals surface area contributed by atoms with Gasteiger partial charge in [0.2, 0.25) is 0 Å². The summed E-state index contributed by atoms with van der Waals surface area (Å²) in [6.07, 6.45) is -2.34. The molecule has 0 unspecified atom stereocenters. The van der Waals surface area contributed by atoms with Gasteiger partial charge in [-0.3, -0.25) is 10.9 Å². The molecule has 1 heterocycles. The average Bonchev–Trinajstić information content (AvgIpc) is 2.95. The van der Waals surface area contributed by atoms with Gasteiger partial charge >= 0.3 is 6.18 Å². The van der Waals surface area contributed by atoms with E-state index in [1.807, 2.05) is 0 Å². The Hall–Kier alpha value is -1.54. The normalized spacial score (nSPS) is 18.3. The van der Waals surface area contributed by atoms with Crippen LogP contribution < -0.4 is 16.2 Å². The van der Waals surface area contributed by atoms with Crippen LogP contribution in [0.1, 0.15) is 18.4 Å². The molecule has 1 aromatic rings. The SMILES string of the molecule is FC(F)(F)c1ccccc1NNC(=S)NC[C@@H]1CCCO1. The Labute approximate surface area is 126 Å². The first-order chi connectivity index (χ1) is 9.97. The molecule has 1 saturated heterocycles. The van der Waals surface area contributed by atoms with Crippen molar-refractivity contribution in [2.45, 2.75) is 25.1 Å². The van der Waals surface area contributed by atoms with Crippen molar-refractivity contribution >= 4 is 23.0 Å². The molecule has 1 atom stereocenters. The number of ether oxygens (including phenoxy) is 1. The third-order valence-corrected chi connectivity index (χ3v) is 3.30. The summed E-state index contributed by atoms with van der Waals surface area (Å²) in [4.78, 5) is 0. The van der Waals surface area contributed by atoms with Crippen molar-refractivity contribution in [2.75, 3.05) is 18.6 Å². The summed E-state index contributed by atoms with van der Waals surface area (Å²) in [6, 6.07) is 5.19. The second-order valence-corrected chi connectivity index (χ2v) is 5.05. The zero-order valence-corrected chi connectivity index (χ0v) is 12.0. The number of thiocarbonyl (C=S) groups is 1. The summed E-state index contributed by atoms with van der Waals surface area (Å²) < 4.78 is 43.8. The van der Waals surface area contributed by atoms with Crippen molar-refractivity contribution in [1.82, 2.24) is 10.7 Å². The van der Waals surface area contributed by atoms with Crippen LogP contribution >= 0.6 is 12.2 Å². The van der Waals surface area contributed by atoms with E-state index in [4.69, 9.17) is 17.0 Å². The fourth-order valence-corrected chi connectivity index (χ4v) is 2.15. The summed E-state index contributed by atoms with van der Waals surface area (Å²) in [5.41, 5.74) is 4.20. The van der Waals surface area contributed by atoms with Gasteiger partial charge in [-0.05, 0) is 37.2 Å². The molecule has 0 aliphatic carbocycles. The predicted octanol–water partition coefficient (Wildman–Crippen LogP) is 2.68. The van der Waals surface area contributed by atoms with Crippen molar-refractivity contribution in [2.24, 2.45) is 0 Å². The van der Waals surface area contributed by atoms with E-state index in [1.54, 1.807) is 0 Å². The highest BCUT2D eigenvalue weighted by atomic mass is 32.1. The zero-order valence-electron chi connectivity index (χ0n) is 11.2. The second-order valence-electron chi connectivity index (χ2n) is 4.64. The van der Waals surface area contributed by atoms with E-state index in [0.29, 0.717) is 6.54 Å². The molecule has 1 fully saturated rings. The van der Waals surface area contributed by atoms with Gasteiger partial charge in [0, 0.05) is 13.2 Å². The highest BCUT2D eigenvalue weighted by Gasteiger charge is 2.33. The van der Waals surface area contributed by atoms with Crippen molar-refractivity contribution in [1.29, 1.82) is 0 Å². The van der Waals surface area contributed by atoms with Crippen LogP contribution in [0.25, 0.3) is 0 Å². The first-order valence-corrected chi connectivity index (χ1v) is 6.95. The summed E-state index contributed by atoms with van der Waals surface area (Å²) in [5, 5.41) is 3.13. The Morgan fingerprint density at radius 1 is 1.33 bits per heavy atom. The third kappa shape index (κ3) is 4.75. The lowest BCUT2D eigenvalue weighted by atomic mass is 10.2. The lowest BCUT2D eigenvalue weighted by molar-refractivity contribution is -0.137. The van der Waals surface area contributed by atoms with Crippen LogP contribution in [0.3, 0.4) is 0 Å². The minimum atomic E-state index is -4.42. The number of anilines is 1. The monoisotopic (exact) mass is 319 g/mol. The van der Waals surface area contributed by atoms with Crippen LogP contribution in [0.2, 0.25) is 0 Å². The third-order valence-electron chi connectivity index (χ3n) is 3.06. The molecule has 4 nitrogen and oxygen atoms in total. The molecule has 3 N–H and O–H groups in total. The van der Waals surface area contributed by atoms with Crippen LogP contribution in [0.15, 0.2) is 24.3 Å². The van der Waals surface area contributed by atoms with E-state index in [9.17, 15) is 13.2 Å². The number of hydrazine groups is 1. The Balaban J connectivity index is 1.83. The van der Waals surface area contributed by atoms with E-state index < -0.39 is 11.7 Å². The van der Waals surface area contributed by atoms with Gasteiger partial charge in [0.05, 0.1) is 17.4 Å². The Morgan fingerprint density at radius 3 is 2.76 bits per heavy atom. The number of hydrogen-bond donors (Lipinski definition) is 3. The second kappa shape index (κ2) is 6.95. The molecule has 2 rings (SSSR count). The summed E-state index contributed by atoms with van der Waals surface area (Å²) >= 11 is 5.00. The molecule has 116 valence electrons. The standard InChI is InChI=1S/C13H16F3N3OS/c14-13(15,16)10-5-1-2-6-11(10)18-19-12(21)17-8-9-4-3-7-20-9/h1-2,5-6,9,18H,3-4,7-8H2,(H2,17,19,21)/t9-/m0/s1. The van der Waals surface area contributed by atoms with Crippen molar-refractivity contribution < 1.29 is 17.9 Å². The molecule has 21 heavy (non-hydrogen) atoms. The Bertz CT molecular complexity index is 490. The Morgan fingerprint density at radius 2 is 2.10 bits per heavy atom. The maximum atomic E-state index is 12.8. The number of alkyl halides is 3. The maximum absolute atomic E-state index is 12.8. The Kier molecular flexibility index (Phi) is 5.24. The molecule has 0 bridgehead atoms. The number of nitrogens with one attached hydrogen (secondary N) is 3. The highest BCUT2D eigenvalue weighted by Crippen LogP contribution is 2.34. The van der Waals surface area contributed by atoms with Gasteiger partial charge in [0.15, 0.2) is 5.11 Å². The first kappa shape index (κ1) is 15.8. The van der Waals surface area contributed by atoms with Gasteiger partial charge in [0.25, 0.3) is 0 Å². The number of halogens is 3. The molecular weight excluding hydrogens is 303 g/mol. The van der Waals surface area contributed by atoms with Gasteiger partial charge in [-0.1, -0.05) is 12.1 Å². The fourth-order valence-electron chi connectivity index (χ4n) is 2.02. The fraction of sp³-hybridized carbons (Fsp3) is 0.462. The number of benzene rings is 1. The predicted molar refractivity (Wildman–Crippen MR) is 77.8 cm³/mol. The topological polar surface area (TPSA) is 45.3 Å². The van der Waals surface area contributed by atoms with E-state index >= 15 is 0 Å². The van der Waals surface area contributed by atoms with Gasteiger partial charge in [-0.15, -0.1) is 0 Å². The lowest BCUT2D eigenvalue weighted by Gasteiger charge is -2.17. The van der Waals surface area contributed by atoms with Gasteiger partial charge in [-0.25, -0.2) is 0 Å². The van der Waals surface area contributed by atoms with Gasteiger partial charge in [0.1, 0.15) is 0 Å². The van der Waals surface area contributed by atoms with Crippen LogP contribution in [-0.2, 0) is 10.9 Å². The molecule has 8 heteroatoms. The molecule has 0 spiro atoms. The molecular formula is C13H16F3N3OS. The minimum Gasteiger partial charge on any atom is -0.376 e. The summed E-state index contributed by atoms with van der Waals surface area (Å²) in [5.74, 6) is 0. The maximum Gasteiger partial charge on any atom is 0.418 e. The molecule has 1 aliphatic heterocycles. The highest BCUT2D eigenvalue weighted by molar-refractivity contribution is 7.80. The van der Waals surface area contributed by atoms with Crippen LogP contribution in [-0.4, -0.2) is 24.4 Å². The first-order valence-electron chi connectivity index (χ1n) is 6.54. The van der Waals surface area contributed by atoms with Crippen molar-refractivity contribution in [3.05, 3.63) is 29.8 Å². The molecule has 1 aliphatic rings. The van der Waals surface area contributed by atoms with E-state index in [0.717, 1.165) is 25.5 Å². The van der Waals surface area contributed by atoms with Crippen LogP contribution in [0.4, 0.5) is 18.9 Å². The molecule has 0 amide bonds. The minimum absolute atomic E-state index is 0.0775. The van der Waals surface area contributed by atoms with E-state index in [1.165, 1.54) is 18.2 Å². The summed E-state index contributed by atoms with van der Waals surface area (Å²) in [7, 11) is 0. The van der Waals surface area contributed by atoms with E-state index in [2.05, 4.69) is 16.2 Å². The molecule has 0 radical (unpaired) electrons. The van der Waals surface area contributed by atoms with E-state index in [-0.39, 0.29) is 16.9 Å². The van der Waals surface area contributed by atoms with Crippen LogP contribution in [0.5, 0.6) is 0 Å². The largest absolute Gasteiger partial charge is 0.418 e. The number of hydrogen-bond acceptors (Lipinski definition) is 3. The van der Waals surface area contributed by atoms with Crippen molar-refractivity contribution in [3.8, 4) is 0 Å². The number of rotatable bonds is 4. The quantitative estimate of drug-likeness (QED) is 0.588. The molecule has 1 aromatic carbocycles. The smallest absolute Gasteiger partial charge is 0.376 e. The summed E-state index contributed by atoms with van der Waals surface area (Å²) in [6.45, 7) is 1.28. The zero-order chi connectivity index (χ0) is 15.3.